The van der Waals surface area contributed by atoms with Gasteiger partial charge < -0.3 is 5.32 Å². The minimum Gasteiger partial charge on any atom is -0.316 e. The zero-order chi connectivity index (χ0) is 14.1. The van der Waals surface area contributed by atoms with Crippen LogP contribution in [-0.2, 0) is 10.8 Å². The number of nitrogens with zero attached hydrogens (tertiary/aromatic N) is 2. The molecule has 1 aromatic heterocycles. The molecule has 0 unspecified atom stereocenters. The Morgan fingerprint density at radius 1 is 1.55 bits per heavy atom. The second-order valence-corrected chi connectivity index (χ2v) is 7.46. The number of rotatable bonds is 4. The summed E-state index contributed by atoms with van der Waals surface area (Å²) in [6, 6.07) is 4.56. The van der Waals surface area contributed by atoms with Crippen molar-refractivity contribution in [3.63, 3.8) is 0 Å². The van der Waals surface area contributed by atoms with Gasteiger partial charge in [-0.05, 0) is 31.5 Å². The molecule has 1 fully saturated rings. The molecule has 0 bridgehead atoms. The number of nitro benzene ring substituents is 1. The molecule has 8 heteroatoms. The molecule has 2 atom stereocenters. The van der Waals surface area contributed by atoms with Gasteiger partial charge in [0, 0.05) is 17.9 Å². The van der Waals surface area contributed by atoms with Crippen molar-refractivity contribution in [1.82, 2.24) is 10.3 Å². The summed E-state index contributed by atoms with van der Waals surface area (Å²) in [4.78, 5) is 14.6. The molecule has 2 aromatic rings. The Morgan fingerprint density at radius 3 is 3.10 bits per heavy atom. The topological polar surface area (TPSA) is 85.1 Å². The van der Waals surface area contributed by atoms with Crippen molar-refractivity contribution in [2.75, 3.05) is 18.8 Å². The van der Waals surface area contributed by atoms with Crippen molar-refractivity contribution in [3.8, 4) is 0 Å². The van der Waals surface area contributed by atoms with Gasteiger partial charge in [-0.2, -0.15) is 0 Å². The Morgan fingerprint density at radius 2 is 2.40 bits per heavy atom. The van der Waals surface area contributed by atoms with E-state index < -0.39 is 15.7 Å². The van der Waals surface area contributed by atoms with E-state index in [4.69, 9.17) is 0 Å². The molecule has 106 valence electrons. The van der Waals surface area contributed by atoms with E-state index in [0.717, 1.165) is 24.2 Å². The lowest BCUT2D eigenvalue weighted by Crippen LogP contribution is -2.14. The molecule has 3 rings (SSSR count). The lowest BCUT2D eigenvalue weighted by molar-refractivity contribution is -0.384. The highest BCUT2D eigenvalue weighted by Crippen LogP contribution is 2.28. The summed E-state index contributed by atoms with van der Waals surface area (Å²) in [6.07, 6.45) is 1.04. The summed E-state index contributed by atoms with van der Waals surface area (Å²) in [5.41, 5.74) is 0.567. The highest BCUT2D eigenvalue weighted by molar-refractivity contribution is 7.87. The van der Waals surface area contributed by atoms with Crippen molar-refractivity contribution in [3.05, 3.63) is 28.3 Å². The van der Waals surface area contributed by atoms with Crippen LogP contribution < -0.4 is 5.32 Å². The maximum atomic E-state index is 12.3. The van der Waals surface area contributed by atoms with Crippen LogP contribution in [0.2, 0.25) is 0 Å². The molecule has 1 N–H and O–H groups in total. The van der Waals surface area contributed by atoms with Crippen LogP contribution in [0.15, 0.2) is 22.5 Å². The largest absolute Gasteiger partial charge is 0.316 e. The van der Waals surface area contributed by atoms with Crippen LogP contribution in [0.1, 0.15) is 6.42 Å². The molecule has 6 nitrogen and oxygen atoms in total. The number of fused-ring (bicyclic) bond motifs is 1. The van der Waals surface area contributed by atoms with Gasteiger partial charge in [-0.3, -0.25) is 14.3 Å². The average Bonchev–Trinajstić information content (AvgIpc) is 3.05. The Hall–Kier alpha value is -1.38. The smallest absolute Gasteiger partial charge is 0.271 e. The van der Waals surface area contributed by atoms with Gasteiger partial charge >= 0.3 is 0 Å². The second kappa shape index (κ2) is 5.55. The van der Waals surface area contributed by atoms with Gasteiger partial charge in [-0.15, -0.1) is 11.3 Å². The van der Waals surface area contributed by atoms with E-state index in [1.54, 1.807) is 6.07 Å². The molecule has 2 heterocycles. The van der Waals surface area contributed by atoms with Crippen LogP contribution in [0, 0.1) is 16.0 Å². The molecule has 1 saturated heterocycles. The molecule has 1 aromatic carbocycles. The summed E-state index contributed by atoms with van der Waals surface area (Å²) in [5.74, 6) is 1.03. The van der Waals surface area contributed by atoms with Gasteiger partial charge in [0.15, 0.2) is 4.34 Å². The fourth-order valence-corrected chi connectivity index (χ4v) is 4.83. The van der Waals surface area contributed by atoms with Crippen LogP contribution >= 0.6 is 11.3 Å². The fraction of sp³-hybridized carbons (Fsp3) is 0.417. The van der Waals surface area contributed by atoms with Gasteiger partial charge in [0.05, 0.1) is 25.9 Å². The Balaban J connectivity index is 1.84. The monoisotopic (exact) mass is 311 g/mol. The third kappa shape index (κ3) is 2.72. The number of thiazole rings is 1. The first-order chi connectivity index (χ1) is 9.63. The van der Waals surface area contributed by atoms with E-state index in [1.165, 1.54) is 23.5 Å². The van der Waals surface area contributed by atoms with Crippen LogP contribution in [0.4, 0.5) is 5.69 Å². The van der Waals surface area contributed by atoms with Crippen molar-refractivity contribution in [1.29, 1.82) is 0 Å². The van der Waals surface area contributed by atoms with Crippen molar-refractivity contribution < 1.29 is 9.13 Å². The first kappa shape index (κ1) is 13.6. The number of hydrogen-bond donors (Lipinski definition) is 1. The minimum absolute atomic E-state index is 0.0140. The summed E-state index contributed by atoms with van der Waals surface area (Å²) in [6.45, 7) is 1.88. The number of benzene rings is 1. The Labute approximate surface area is 121 Å². The number of non-ortho nitro benzene ring substituents is 1. The molecule has 20 heavy (non-hydrogen) atoms. The third-order valence-corrected chi connectivity index (χ3v) is 6.20. The van der Waals surface area contributed by atoms with Crippen LogP contribution in [0.3, 0.4) is 0 Å². The van der Waals surface area contributed by atoms with Gasteiger partial charge in [0.25, 0.3) is 5.69 Å². The molecule has 1 aliphatic rings. The van der Waals surface area contributed by atoms with E-state index in [-0.39, 0.29) is 5.69 Å². The zero-order valence-corrected chi connectivity index (χ0v) is 12.2. The predicted molar refractivity (Wildman–Crippen MR) is 78.5 cm³/mol. The standard InChI is InChI=1S/C12H13N3O3S2/c16-15(17)9-1-2-11-10(5-9)14-12(19-11)20(18)7-8-3-4-13-6-8/h1-2,5,8,13H,3-4,6-7H2/t8-,20+/m1/s1. The Kier molecular flexibility index (Phi) is 3.77. The maximum absolute atomic E-state index is 12.3. The van der Waals surface area contributed by atoms with Crippen molar-refractivity contribution in [2.24, 2.45) is 5.92 Å². The van der Waals surface area contributed by atoms with Gasteiger partial charge in [0.1, 0.15) is 0 Å². The van der Waals surface area contributed by atoms with Gasteiger partial charge in [-0.25, -0.2) is 4.98 Å². The molecule has 0 radical (unpaired) electrons. The SMILES string of the molecule is O=[N+]([O-])c1ccc2sc([S@@](=O)C[C@@H]3CCNC3)nc2c1. The molecule has 0 amide bonds. The molecule has 0 saturated carbocycles. The van der Waals surface area contributed by atoms with Crippen molar-refractivity contribution in [2.45, 2.75) is 10.8 Å². The number of aromatic nitrogens is 1. The second-order valence-electron chi connectivity index (χ2n) is 4.76. The van der Waals surface area contributed by atoms with Crippen LogP contribution in [-0.4, -0.2) is 33.0 Å². The van der Waals surface area contributed by atoms with E-state index in [0.29, 0.717) is 21.5 Å². The van der Waals surface area contributed by atoms with Crippen molar-refractivity contribution >= 4 is 38.0 Å². The first-order valence-electron chi connectivity index (χ1n) is 6.27. The van der Waals surface area contributed by atoms with E-state index in [1.807, 2.05) is 0 Å². The summed E-state index contributed by atoms with van der Waals surface area (Å²) in [5, 5.41) is 14.0. The molecular formula is C12H13N3O3S2. The third-order valence-electron chi connectivity index (χ3n) is 3.31. The number of hydrogen-bond acceptors (Lipinski definition) is 6. The minimum atomic E-state index is -1.13. The van der Waals surface area contributed by atoms with Crippen LogP contribution in [0.5, 0.6) is 0 Å². The Bertz CT molecular complexity index is 680. The number of nitro groups is 1. The van der Waals surface area contributed by atoms with E-state index in [9.17, 15) is 14.3 Å². The summed E-state index contributed by atoms with van der Waals surface area (Å²) in [7, 11) is -1.13. The lowest BCUT2D eigenvalue weighted by Gasteiger charge is -2.04. The predicted octanol–water partition coefficient (Wildman–Crippen LogP) is 1.92. The first-order valence-corrected chi connectivity index (χ1v) is 8.41. The highest BCUT2D eigenvalue weighted by atomic mass is 32.2. The van der Waals surface area contributed by atoms with Gasteiger partial charge in [0.2, 0.25) is 0 Å². The van der Waals surface area contributed by atoms with Gasteiger partial charge in [-0.1, -0.05) is 0 Å². The average molecular weight is 311 g/mol. The molecular weight excluding hydrogens is 298 g/mol. The van der Waals surface area contributed by atoms with Crippen LogP contribution in [0.25, 0.3) is 10.2 Å². The van der Waals surface area contributed by atoms with E-state index >= 15 is 0 Å². The molecule has 0 aliphatic carbocycles. The fourth-order valence-electron chi connectivity index (χ4n) is 2.25. The number of nitrogens with one attached hydrogen (secondary N) is 1. The highest BCUT2D eigenvalue weighted by Gasteiger charge is 2.20. The quantitative estimate of drug-likeness (QED) is 0.689. The summed E-state index contributed by atoms with van der Waals surface area (Å²) >= 11 is 1.35. The normalized spacial score (nSPS) is 20.3. The molecule has 1 aliphatic heterocycles. The molecule has 0 spiro atoms. The maximum Gasteiger partial charge on any atom is 0.271 e. The van der Waals surface area contributed by atoms with E-state index in [2.05, 4.69) is 10.3 Å². The lowest BCUT2D eigenvalue weighted by atomic mass is 10.2. The summed E-state index contributed by atoms with van der Waals surface area (Å²) < 4.78 is 13.7. The zero-order valence-electron chi connectivity index (χ0n) is 10.6.